The van der Waals surface area contributed by atoms with Gasteiger partial charge in [0.25, 0.3) is 0 Å². The molecule has 1 unspecified atom stereocenters. The van der Waals surface area contributed by atoms with E-state index in [1.165, 1.54) is 17.5 Å². The lowest BCUT2D eigenvalue weighted by atomic mass is 10.00. The second kappa shape index (κ2) is 4.96. The third-order valence-electron chi connectivity index (χ3n) is 3.73. The van der Waals surface area contributed by atoms with Gasteiger partial charge in [0.15, 0.2) is 0 Å². The number of hydrogen-bond acceptors (Lipinski definition) is 3. The van der Waals surface area contributed by atoms with Crippen LogP contribution in [0.1, 0.15) is 36.9 Å². The molecule has 2 aromatic rings. The van der Waals surface area contributed by atoms with E-state index < -0.39 is 0 Å². The molecule has 4 heteroatoms. The molecule has 0 saturated heterocycles. The second-order valence-electron chi connectivity index (χ2n) is 5.12. The number of nitrogens with two attached hydrogens (primary N) is 1. The highest BCUT2D eigenvalue weighted by atomic mass is 15.4. The minimum atomic E-state index is 0.296. The van der Waals surface area contributed by atoms with Crippen LogP contribution in [-0.2, 0) is 6.42 Å². The Morgan fingerprint density at radius 3 is 2.89 bits per heavy atom. The molecule has 3 rings (SSSR count). The number of nitrogen functional groups attached to an aromatic ring is 1. The van der Waals surface area contributed by atoms with Crippen molar-refractivity contribution in [2.75, 3.05) is 17.6 Å². The predicted octanol–water partition coefficient (Wildman–Crippen LogP) is 2.82. The van der Waals surface area contributed by atoms with E-state index in [-0.39, 0.29) is 0 Å². The molecule has 100 valence electrons. The number of hydrogen-bond donors (Lipinski definition) is 2. The van der Waals surface area contributed by atoms with Gasteiger partial charge in [-0.1, -0.05) is 37.6 Å². The third kappa shape index (κ3) is 2.18. The fourth-order valence-corrected chi connectivity index (χ4v) is 2.75. The first-order chi connectivity index (χ1) is 9.29. The van der Waals surface area contributed by atoms with Crippen LogP contribution in [0.4, 0.5) is 11.5 Å². The summed E-state index contributed by atoms with van der Waals surface area (Å²) in [7, 11) is 0. The Balaban J connectivity index is 1.90. The Bertz CT molecular complexity index is 556. The van der Waals surface area contributed by atoms with E-state index in [4.69, 9.17) is 5.73 Å². The number of benzene rings is 1. The third-order valence-corrected chi connectivity index (χ3v) is 3.73. The van der Waals surface area contributed by atoms with Crippen LogP contribution in [0.2, 0.25) is 0 Å². The predicted molar refractivity (Wildman–Crippen MR) is 78.3 cm³/mol. The molecule has 1 aromatic carbocycles. The molecule has 1 aliphatic rings. The van der Waals surface area contributed by atoms with Crippen molar-refractivity contribution in [3.8, 4) is 0 Å². The summed E-state index contributed by atoms with van der Waals surface area (Å²) in [4.78, 5) is 0. The van der Waals surface area contributed by atoms with Crippen LogP contribution in [0, 0.1) is 0 Å². The molecule has 0 bridgehead atoms. The number of aryl methyl sites for hydroxylation is 1. The zero-order valence-electron chi connectivity index (χ0n) is 11.3. The van der Waals surface area contributed by atoms with E-state index in [0.717, 1.165) is 30.9 Å². The minimum Gasteiger partial charge on any atom is -0.394 e. The molecule has 1 aromatic heterocycles. The van der Waals surface area contributed by atoms with E-state index in [1.54, 1.807) is 6.20 Å². The molecule has 19 heavy (non-hydrogen) atoms. The van der Waals surface area contributed by atoms with Gasteiger partial charge in [-0.15, -0.1) is 0 Å². The van der Waals surface area contributed by atoms with Gasteiger partial charge < -0.3 is 11.1 Å². The Morgan fingerprint density at radius 2 is 2.16 bits per heavy atom. The van der Waals surface area contributed by atoms with Crippen LogP contribution in [0.25, 0.3) is 0 Å². The smallest absolute Gasteiger partial charge is 0.148 e. The van der Waals surface area contributed by atoms with Gasteiger partial charge in [0, 0.05) is 6.54 Å². The summed E-state index contributed by atoms with van der Waals surface area (Å²) in [5, 5.41) is 7.72. The van der Waals surface area contributed by atoms with E-state index in [2.05, 4.69) is 41.6 Å². The molecule has 2 heterocycles. The summed E-state index contributed by atoms with van der Waals surface area (Å²) in [6, 6.07) is 9.20. The number of anilines is 2. The van der Waals surface area contributed by atoms with Crippen molar-refractivity contribution < 1.29 is 0 Å². The van der Waals surface area contributed by atoms with Crippen molar-refractivity contribution in [2.24, 2.45) is 0 Å². The van der Waals surface area contributed by atoms with E-state index in [0.29, 0.717) is 6.04 Å². The Hall–Kier alpha value is -1.97. The van der Waals surface area contributed by atoms with Gasteiger partial charge in [0.05, 0.1) is 17.9 Å². The minimum absolute atomic E-state index is 0.296. The molecule has 0 amide bonds. The van der Waals surface area contributed by atoms with Crippen molar-refractivity contribution in [3.05, 3.63) is 41.6 Å². The largest absolute Gasteiger partial charge is 0.394 e. The lowest BCUT2D eigenvalue weighted by Gasteiger charge is -2.26. The highest BCUT2D eigenvalue weighted by Crippen LogP contribution is 2.32. The number of nitrogens with zero attached hydrogens (tertiary/aromatic N) is 2. The van der Waals surface area contributed by atoms with Crippen LogP contribution in [0.15, 0.2) is 30.5 Å². The van der Waals surface area contributed by atoms with Crippen molar-refractivity contribution in [1.29, 1.82) is 0 Å². The van der Waals surface area contributed by atoms with Gasteiger partial charge in [-0.25, -0.2) is 4.68 Å². The zero-order valence-corrected chi connectivity index (χ0v) is 11.3. The molecular formula is C15H20N4. The average Bonchev–Trinajstić information content (AvgIpc) is 2.82. The summed E-state index contributed by atoms with van der Waals surface area (Å²) in [6.07, 6.45) is 5.10. The van der Waals surface area contributed by atoms with Gasteiger partial charge >= 0.3 is 0 Å². The van der Waals surface area contributed by atoms with Crippen LogP contribution in [0.5, 0.6) is 0 Å². The van der Waals surface area contributed by atoms with Gasteiger partial charge in [-0.05, 0) is 24.0 Å². The maximum atomic E-state index is 5.92. The van der Waals surface area contributed by atoms with Crippen molar-refractivity contribution >= 4 is 11.5 Å². The Labute approximate surface area is 113 Å². The second-order valence-corrected chi connectivity index (χ2v) is 5.12. The van der Waals surface area contributed by atoms with Crippen LogP contribution in [0.3, 0.4) is 0 Å². The molecule has 0 radical (unpaired) electrons. The molecule has 4 nitrogen and oxygen atoms in total. The molecule has 1 aliphatic heterocycles. The fraction of sp³-hybridized carbons (Fsp3) is 0.400. The monoisotopic (exact) mass is 256 g/mol. The lowest BCUT2D eigenvalue weighted by molar-refractivity contribution is 0.482. The SMILES string of the molecule is CCCc1ccc(C2CCNc3c(N)cnn32)cc1. The van der Waals surface area contributed by atoms with E-state index >= 15 is 0 Å². The molecule has 0 aliphatic carbocycles. The van der Waals surface area contributed by atoms with Gasteiger partial charge in [0.1, 0.15) is 5.82 Å². The van der Waals surface area contributed by atoms with Crippen LogP contribution < -0.4 is 11.1 Å². The van der Waals surface area contributed by atoms with Crippen LogP contribution >= 0.6 is 0 Å². The van der Waals surface area contributed by atoms with Crippen molar-refractivity contribution in [2.45, 2.75) is 32.2 Å². The highest BCUT2D eigenvalue weighted by molar-refractivity contribution is 5.62. The summed E-state index contributed by atoms with van der Waals surface area (Å²) >= 11 is 0. The van der Waals surface area contributed by atoms with Crippen molar-refractivity contribution in [1.82, 2.24) is 9.78 Å². The molecule has 0 spiro atoms. The Kier molecular flexibility index (Phi) is 3.15. The van der Waals surface area contributed by atoms with E-state index in [9.17, 15) is 0 Å². The topological polar surface area (TPSA) is 55.9 Å². The number of aromatic nitrogens is 2. The fourth-order valence-electron chi connectivity index (χ4n) is 2.75. The van der Waals surface area contributed by atoms with Gasteiger partial charge in [0.2, 0.25) is 0 Å². The maximum absolute atomic E-state index is 5.92. The van der Waals surface area contributed by atoms with Gasteiger partial charge in [-0.2, -0.15) is 5.10 Å². The molecule has 3 N–H and O–H groups in total. The zero-order chi connectivity index (χ0) is 13.2. The van der Waals surface area contributed by atoms with Crippen LogP contribution in [-0.4, -0.2) is 16.3 Å². The first-order valence-electron chi connectivity index (χ1n) is 6.95. The molecule has 1 atom stereocenters. The van der Waals surface area contributed by atoms with E-state index in [1.807, 2.05) is 4.68 Å². The lowest BCUT2D eigenvalue weighted by Crippen LogP contribution is -2.24. The highest BCUT2D eigenvalue weighted by Gasteiger charge is 2.23. The molecule has 0 saturated carbocycles. The Morgan fingerprint density at radius 1 is 1.37 bits per heavy atom. The number of fused-ring (bicyclic) bond motifs is 1. The maximum Gasteiger partial charge on any atom is 0.148 e. The summed E-state index contributed by atoms with van der Waals surface area (Å²) in [6.45, 7) is 3.15. The normalized spacial score (nSPS) is 17.8. The molecular weight excluding hydrogens is 236 g/mol. The van der Waals surface area contributed by atoms with Crippen molar-refractivity contribution in [3.63, 3.8) is 0 Å². The first kappa shape index (κ1) is 12.1. The number of nitrogens with one attached hydrogen (secondary N) is 1. The standard InChI is InChI=1S/C15H20N4/c1-2-3-11-4-6-12(7-5-11)14-8-9-17-15-13(16)10-18-19(14)15/h4-7,10,14,17H,2-3,8-9,16H2,1H3. The first-order valence-corrected chi connectivity index (χ1v) is 6.95. The summed E-state index contributed by atoms with van der Waals surface area (Å²) < 4.78 is 2.01. The quantitative estimate of drug-likeness (QED) is 0.888. The summed E-state index contributed by atoms with van der Waals surface area (Å²) in [5.41, 5.74) is 9.36. The summed E-state index contributed by atoms with van der Waals surface area (Å²) in [5.74, 6) is 0.953. The number of rotatable bonds is 3. The average molecular weight is 256 g/mol. The molecule has 0 fully saturated rings. The van der Waals surface area contributed by atoms with Gasteiger partial charge in [-0.3, -0.25) is 0 Å².